The van der Waals surface area contributed by atoms with Gasteiger partial charge in [0.1, 0.15) is 0 Å². The van der Waals surface area contributed by atoms with Crippen LogP contribution in [0.25, 0.3) is 10.8 Å². The number of aliphatic hydroxyl groups is 1. The molecule has 0 fully saturated rings. The Labute approximate surface area is 109 Å². The van der Waals surface area contributed by atoms with E-state index in [1.165, 1.54) is 0 Å². The molecule has 0 spiro atoms. The number of benzene rings is 2. The Balaban J connectivity index is 2.11. The van der Waals surface area contributed by atoms with E-state index in [1.54, 1.807) is 6.07 Å². The average molecular weight is 268 g/mol. The van der Waals surface area contributed by atoms with Gasteiger partial charge >= 0.3 is 6.18 Å². The van der Waals surface area contributed by atoms with Gasteiger partial charge in [0.05, 0.1) is 6.10 Å². The van der Waals surface area contributed by atoms with Gasteiger partial charge in [-0.25, -0.2) is 0 Å². The Morgan fingerprint density at radius 1 is 1.00 bits per heavy atom. The van der Waals surface area contributed by atoms with Gasteiger partial charge in [-0.05, 0) is 29.2 Å². The summed E-state index contributed by atoms with van der Waals surface area (Å²) in [4.78, 5) is 0. The van der Waals surface area contributed by atoms with E-state index in [4.69, 9.17) is 0 Å². The lowest BCUT2D eigenvalue weighted by Gasteiger charge is -2.14. The minimum absolute atomic E-state index is 0.0616. The smallest absolute Gasteiger partial charge is 0.388 e. The first-order valence-corrected chi connectivity index (χ1v) is 6.20. The molecule has 1 N–H and O–H groups in total. The lowest BCUT2D eigenvalue weighted by Crippen LogP contribution is -2.08. The number of hydrogen-bond acceptors (Lipinski definition) is 1. The monoisotopic (exact) mass is 268 g/mol. The summed E-state index contributed by atoms with van der Waals surface area (Å²) in [5.41, 5.74) is 0.695. The van der Waals surface area contributed by atoms with Gasteiger partial charge in [-0.2, -0.15) is 13.2 Å². The van der Waals surface area contributed by atoms with E-state index in [9.17, 15) is 18.3 Å². The van der Waals surface area contributed by atoms with Crippen LogP contribution < -0.4 is 0 Å². The first kappa shape index (κ1) is 13.9. The highest BCUT2D eigenvalue weighted by molar-refractivity contribution is 5.85. The molecule has 1 unspecified atom stereocenters. The maximum Gasteiger partial charge on any atom is 0.389 e. The fourth-order valence-electron chi connectivity index (χ4n) is 2.19. The lowest BCUT2D eigenvalue weighted by molar-refractivity contribution is -0.136. The van der Waals surface area contributed by atoms with Crippen LogP contribution in [0, 0.1) is 0 Å². The molecule has 0 heterocycles. The zero-order chi connectivity index (χ0) is 13.9. The third-order valence-corrected chi connectivity index (χ3v) is 3.12. The first-order chi connectivity index (χ1) is 8.97. The van der Waals surface area contributed by atoms with E-state index in [0.29, 0.717) is 5.56 Å². The van der Waals surface area contributed by atoms with E-state index < -0.39 is 18.7 Å². The second-order valence-electron chi connectivity index (χ2n) is 4.59. The number of halogens is 3. The molecule has 102 valence electrons. The molecule has 1 atom stereocenters. The maximum atomic E-state index is 12.1. The molecule has 4 heteroatoms. The predicted molar refractivity (Wildman–Crippen MR) is 68.8 cm³/mol. The van der Waals surface area contributed by atoms with Crippen molar-refractivity contribution in [3.63, 3.8) is 0 Å². The Bertz CT molecular complexity index is 543. The van der Waals surface area contributed by atoms with Crippen molar-refractivity contribution in [3.8, 4) is 0 Å². The summed E-state index contributed by atoms with van der Waals surface area (Å²) in [7, 11) is 0. The third-order valence-electron chi connectivity index (χ3n) is 3.12. The van der Waals surface area contributed by atoms with Crippen LogP contribution in [0.15, 0.2) is 42.5 Å². The zero-order valence-electron chi connectivity index (χ0n) is 10.3. The molecule has 1 nitrogen and oxygen atoms in total. The zero-order valence-corrected chi connectivity index (χ0v) is 10.3. The van der Waals surface area contributed by atoms with Crippen LogP contribution in [0.3, 0.4) is 0 Å². The highest BCUT2D eigenvalue weighted by Crippen LogP contribution is 2.29. The molecule has 0 saturated carbocycles. The van der Waals surface area contributed by atoms with Crippen LogP contribution >= 0.6 is 0 Å². The molecule has 0 aliphatic rings. The van der Waals surface area contributed by atoms with E-state index in [-0.39, 0.29) is 12.8 Å². The van der Waals surface area contributed by atoms with Gasteiger partial charge < -0.3 is 5.11 Å². The lowest BCUT2D eigenvalue weighted by atomic mass is 9.97. The standard InChI is InChI=1S/C15H15F3O/c16-15(17,18)10-4-9-14(19)13-8-3-6-11-5-1-2-7-12(11)13/h1-3,5-8,14,19H,4,9-10H2. The predicted octanol–water partition coefficient (Wildman–Crippen LogP) is 4.61. The topological polar surface area (TPSA) is 20.2 Å². The summed E-state index contributed by atoms with van der Waals surface area (Å²) in [6.07, 6.45) is -5.80. The van der Waals surface area contributed by atoms with E-state index in [0.717, 1.165) is 10.8 Å². The molecular formula is C15H15F3O. The quantitative estimate of drug-likeness (QED) is 0.858. The number of rotatable bonds is 4. The van der Waals surface area contributed by atoms with Crippen molar-refractivity contribution in [2.45, 2.75) is 31.5 Å². The van der Waals surface area contributed by atoms with Crippen LogP contribution in [-0.2, 0) is 0 Å². The van der Waals surface area contributed by atoms with Crippen molar-refractivity contribution < 1.29 is 18.3 Å². The SMILES string of the molecule is OC(CCCC(F)(F)F)c1cccc2ccccc12. The number of hydrogen-bond donors (Lipinski definition) is 1. The van der Waals surface area contributed by atoms with E-state index in [2.05, 4.69) is 0 Å². The van der Waals surface area contributed by atoms with Crippen molar-refractivity contribution in [1.82, 2.24) is 0 Å². The molecule has 0 aromatic heterocycles. The summed E-state index contributed by atoms with van der Waals surface area (Å²) in [6.45, 7) is 0. The molecule has 0 aliphatic heterocycles. The van der Waals surface area contributed by atoms with Crippen molar-refractivity contribution in [2.24, 2.45) is 0 Å². The second kappa shape index (κ2) is 5.61. The molecule has 2 rings (SSSR count). The average Bonchev–Trinajstić information content (AvgIpc) is 2.36. The molecule has 0 amide bonds. The number of alkyl halides is 3. The van der Waals surface area contributed by atoms with Gasteiger partial charge in [-0.3, -0.25) is 0 Å². The molecule has 19 heavy (non-hydrogen) atoms. The fourth-order valence-corrected chi connectivity index (χ4v) is 2.19. The second-order valence-corrected chi connectivity index (χ2v) is 4.59. The summed E-state index contributed by atoms with van der Waals surface area (Å²) < 4.78 is 36.2. The van der Waals surface area contributed by atoms with Crippen LogP contribution in [0.5, 0.6) is 0 Å². The molecular weight excluding hydrogens is 253 g/mol. The summed E-state index contributed by atoms with van der Waals surface area (Å²) in [6, 6.07) is 13.0. The highest BCUT2D eigenvalue weighted by Gasteiger charge is 2.26. The Morgan fingerprint density at radius 3 is 2.42 bits per heavy atom. The van der Waals surface area contributed by atoms with Crippen molar-refractivity contribution >= 4 is 10.8 Å². The molecule has 0 radical (unpaired) electrons. The van der Waals surface area contributed by atoms with Crippen molar-refractivity contribution in [3.05, 3.63) is 48.0 Å². The molecule has 0 saturated heterocycles. The van der Waals surface area contributed by atoms with Crippen LogP contribution in [0.2, 0.25) is 0 Å². The fraction of sp³-hybridized carbons (Fsp3) is 0.333. The van der Waals surface area contributed by atoms with Gasteiger partial charge in [0, 0.05) is 6.42 Å². The van der Waals surface area contributed by atoms with Crippen molar-refractivity contribution in [1.29, 1.82) is 0 Å². The Morgan fingerprint density at radius 2 is 1.68 bits per heavy atom. The summed E-state index contributed by atoms with van der Waals surface area (Å²) >= 11 is 0. The largest absolute Gasteiger partial charge is 0.389 e. The molecule has 0 bridgehead atoms. The number of fused-ring (bicyclic) bond motifs is 1. The van der Waals surface area contributed by atoms with Gasteiger partial charge in [-0.1, -0.05) is 42.5 Å². The van der Waals surface area contributed by atoms with Gasteiger partial charge in [0.15, 0.2) is 0 Å². The van der Waals surface area contributed by atoms with E-state index >= 15 is 0 Å². The summed E-state index contributed by atoms with van der Waals surface area (Å²) in [5.74, 6) is 0. The number of aliphatic hydroxyl groups excluding tert-OH is 1. The van der Waals surface area contributed by atoms with Crippen LogP contribution in [0.1, 0.15) is 30.9 Å². The first-order valence-electron chi connectivity index (χ1n) is 6.20. The van der Waals surface area contributed by atoms with E-state index in [1.807, 2.05) is 36.4 Å². The van der Waals surface area contributed by atoms with Crippen LogP contribution in [0.4, 0.5) is 13.2 Å². The maximum absolute atomic E-state index is 12.1. The summed E-state index contributed by atoms with van der Waals surface area (Å²) in [5, 5.41) is 11.9. The van der Waals surface area contributed by atoms with Gasteiger partial charge in [-0.15, -0.1) is 0 Å². The van der Waals surface area contributed by atoms with Crippen LogP contribution in [-0.4, -0.2) is 11.3 Å². The minimum Gasteiger partial charge on any atom is -0.388 e. The molecule has 0 aliphatic carbocycles. The molecule has 2 aromatic carbocycles. The third kappa shape index (κ3) is 3.70. The van der Waals surface area contributed by atoms with Crippen molar-refractivity contribution in [2.75, 3.05) is 0 Å². The Hall–Kier alpha value is -1.55. The normalized spacial score (nSPS) is 13.7. The molecule has 2 aromatic rings. The highest BCUT2D eigenvalue weighted by atomic mass is 19.4. The minimum atomic E-state index is -4.15. The van der Waals surface area contributed by atoms with Gasteiger partial charge in [0.25, 0.3) is 0 Å². The Kier molecular flexibility index (Phi) is 4.10. The van der Waals surface area contributed by atoms with Gasteiger partial charge in [0.2, 0.25) is 0 Å².